The van der Waals surface area contributed by atoms with E-state index in [-0.39, 0.29) is 24.1 Å². The number of hydrogen-bond acceptors (Lipinski definition) is 3. The maximum absolute atomic E-state index is 12.7. The molecule has 0 radical (unpaired) electrons. The molecule has 3 rings (SSSR count). The van der Waals surface area contributed by atoms with E-state index >= 15 is 0 Å². The molecule has 2 N–H and O–H groups in total. The first-order chi connectivity index (χ1) is 12.6. The minimum atomic E-state index is -0.548. The van der Waals surface area contributed by atoms with E-state index in [0.29, 0.717) is 19.7 Å². The summed E-state index contributed by atoms with van der Waals surface area (Å²) in [6.45, 7) is 3.32. The zero-order chi connectivity index (χ0) is 18.4. The van der Waals surface area contributed by atoms with Gasteiger partial charge in [0.2, 0.25) is 5.91 Å². The number of benzene rings is 1. The van der Waals surface area contributed by atoms with Gasteiger partial charge in [0.1, 0.15) is 12.1 Å². The largest absolute Gasteiger partial charge is 0.370 e. The monoisotopic (exact) mass is 359 g/mol. The Morgan fingerprint density at radius 2 is 1.88 bits per heavy atom. The maximum atomic E-state index is 12.7. The highest BCUT2D eigenvalue weighted by atomic mass is 16.5. The molecule has 2 fully saturated rings. The van der Waals surface area contributed by atoms with Crippen LogP contribution in [0.15, 0.2) is 30.3 Å². The number of carbonyl (C=O) groups excluding carboxylic acids is 2. The lowest BCUT2D eigenvalue weighted by molar-refractivity contribution is -0.140. The first-order valence-corrected chi connectivity index (χ1v) is 9.66. The number of amides is 3. The Morgan fingerprint density at radius 1 is 1.15 bits per heavy atom. The van der Waals surface area contributed by atoms with Gasteiger partial charge in [-0.3, -0.25) is 4.79 Å². The van der Waals surface area contributed by atoms with E-state index in [1.165, 1.54) is 6.42 Å². The fraction of sp³-hybridized carbons (Fsp3) is 0.600. The van der Waals surface area contributed by atoms with Crippen molar-refractivity contribution in [3.63, 3.8) is 0 Å². The third-order valence-corrected chi connectivity index (χ3v) is 5.21. The number of nitrogens with zero attached hydrogens (tertiary/aromatic N) is 1. The number of hydrogen-bond donors (Lipinski definition) is 2. The van der Waals surface area contributed by atoms with Crippen molar-refractivity contribution in [1.82, 2.24) is 15.5 Å². The molecule has 6 nitrogen and oxygen atoms in total. The Labute approximate surface area is 155 Å². The Bertz CT molecular complexity index is 602. The summed E-state index contributed by atoms with van der Waals surface area (Å²) in [5, 5.41) is 5.79. The van der Waals surface area contributed by atoms with E-state index in [0.717, 1.165) is 31.2 Å². The maximum Gasteiger partial charge on any atom is 0.315 e. The summed E-state index contributed by atoms with van der Waals surface area (Å²) in [6.07, 6.45) is 5.50. The number of ether oxygens (including phenoxy) is 1. The number of urea groups is 1. The van der Waals surface area contributed by atoms with E-state index in [2.05, 4.69) is 10.6 Å². The summed E-state index contributed by atoms with van der Waals surface area (Å²) >= 11 is 0. The fourth-order valence-corrected chi connectivity index (χ4v) is 3.73. The van der Waals surface area contributed by atoms with Crippen LogP contribution in [0.4, 0.5) is 4.79 Å². The van der Waals surface area contributed by atoms with E-state index < -0.39 is 6.04 Å². The van der Waals surface area contributed by atoms with Crippen LogP contribution in [-0.2, 0) is 9.53 Å². The molecule has 1 heterocycles. The highest BCUT2D eigenvalue weighted by Crippen LogP contribution is 2.22. The number of nitrogens with one attached hydrogen (secondary N) is 2. The molecule has 0 aromatic heterocycles. The second-order valence-electron chi connectivity index (χ2n) is 7.23. The molecule has 1 aliphatic heterocycles. The Morgan fingerprint density at radius 3 is 2.62 bits per heavy atom. The molecule has 1 saturated heterocycles. The summed E-state index contributed by atoms with van der Waals surface area (Å²) in [4.78, 5) is 26.7. The lowest BCUT2D eigenvalue weighted by Crippen LogP contribution is -2.54. The SMILES string of the molecule is C[C@@H](NC(=O)NC1CCCCC1)C(=O)N1CCOC(c2ccccc2)C1. The van der Waals surface area contributed by atoms with Gasteiger partial charge < -0.3 is 20.3 Å². The van der Waals surface area contributed by atoms with Crippen molar-refractivity contribution in [3.8, 4) is 0 Å². The van der Waals surface area contributed by atoms with Crippen molar-refractivity contribution in [1.29, 1.82) is 0 Å². The standard InChI is InChI=1S/C20H29N3O3/c1-15(21-20(25)22-17-10-6-3-7-11-17)19(24)23-12-13-26-18(14-23)16-8-4-2-5-9-16/h2,4-5,8-9,15,17-18H,3,6-7,10-14H2,1H3,(H2,21,22,25)/t15-,18?/m1/s1. The molecule has 2 atom stereocenters. The van der Waals surface area contributed by atoms with Gasteiger partial charge in [0.25, 0.3) is 0 Å². The topological polar surface area (TPSA) is 70.7 Å². The predicted octanol–water partition coefficient (Wildman–Crippen LogP) is 2.61. The van der Waals surface area contributed by atoms with Crippen LogP contribution in [0.1, 0.15) is 50.7 Å². The molecule has 1 saturated carbocycles. The molecule has 0 spiro atoms. The average molecular weight is 359 g/mol. The fourth-order valence-electron chi connectivity index (χ4n) is 3.73. The molecule has 26 heavy (non-hydrogen) atoms. The number of carbonyl (C=O) groups is 2. The summed E-state index contributed by atoms with van der Waals surface area (Å²) < 4.78 is 5.81. The van der Waals surface area contributed by atoms with Crippen LogP contribution in [0.2, 0.25) is 0 Å². The normalized spacial score (nSPS) is 22.5. The zero-order valence-electron chi connectivity index (χ0n) is 15.4. The van der Waals surface area contributed by atoms with Crippen molar-refractivity contribution in [3.05, 3.63) is 35.9 Å². The number of rotatable bonds is 4. The van der Waals surface area contributed by atoms with Crippen molar-refractivity contribution in [2.24, 2.45) is 0 Å². The van der Waals surface area contributed by atoms with Crippen LogP contribution in [0, 0.1) is 0 Å². The molecule has 1 aliphatic carbocycles. The van der Waals surface area contributed by atoms with Gasteiger partial charge in [-0.15, -0.1) is 0 Å². The molecule has 2 aliphatic rings. The molecule has 0 bridgehead atoms. The van der Waals surface area contributed by atoms with Gasteiger partial charge in [-0.1, -0.05) is 49.6 Å². The number of morpholine rings is 1. The molecule has 1 aromatic carbocycles. The average Bonchev–Trinajstić information content (AvgIpc) is 2.69. The second-order valence-corrected chi connectivity index (χ2v) is 7.23. The van der Waals surface area contributed by atoms with E-state index in [9.17, 15) is 9.59 Å². The van der Waals surface area contributed by atoms with Crippen LogP contribution < -0.4 is 10.6 Å². The third-order valence-electron chi connectivity index (χ3n) is 5.21. The zero-order valence-corrected chi connectivity index (χ0v) is 15.4. The van der Waals surface area contributed by atoms with Gasteiger partial charge in [-0.2, -0.15) is 0 Å². The minimum Gasteiger partial charge on any atom is -0.370 e. The van der Waals surface area contributed by atoms with Crippen molar-refractivity contribution >= 4 is 11.9 Å². The molecule has 142 valence electrons. The van der Waals surface area contributed by atoms with Crippen LogP contribution >= 0.6 is 0 Å². The first kappa shape index (κ1) is 18.7. The Kier molecular flexibility index (Phi) is 6.50. The molecule has 1 unspecified atom stereocenters. The third kappa shape index (κ3) is 4.97. The van der Waals surface area contributed by atoms with E-state index in [1.807, 2.05) is 30.3 Å². The van der Waals surface area contributed by atoms with E-state index in [1.54, 1.807) is 11.8 Å². The summed E-state index contributed by atoms with van der Waals surface area (Å²) in [7, 11) is 0. The highest BCUT2D eigenvalue weighted by Gasteiger charge is 2.29. The van der Waals surface area contributed by atoms with Gasteiger partial charge in [0.15, 0.2) is 0 Å². The molecule has 3 amide bonds. The molecule has 6 heteroatoms. The lowest BCUT2D eigenvalue weighted by atomic mass is 9.96. The van der Waals surface area contributed by atoms with Gasteiger partial charge in [-0.05, 0) is 25.3 Å². The highest BCUT2D eigenvalue weighted by molar-refractivity contribution is 5.86. The Hall–Kier alpha value is -2.08. The van der Waals surface area contributed by atoms with Crippen LogP contribution in [0.3, 0.4) is 0 Å². The summed E-state index contributed by atoms with van der Waals surface area (Å²) in [5.74, 6) is -0.0620. The van der Waals surface area contributed by atoms with Crippen LogP contribution in [0.25, 0.3) is 0 Å². The van der Waals surface area contributed by atoms with Crippen molar-refractivity contribution in [2.75, 3.05) is 19.7 Å². The van der Waals surface area contributed by atoms with Gasteiger partial charge in [0.05, 0.1) is 13.2 Å². The minimum absolute atomic E-state index is 0.0620. The molecular weight excluding hydrogens is 330 g/mol. The van der Waals surface area contributed by atoms with Crippen LogP contribution in [0.5, 0.6) is 0 Å². The molecule has 1 aromatic rings. The quantitative estimate of drug-likeness (QED) is 0.868. The summed E-state index contributed by atoms with van der Waals surface area (Å²) in [5.41, 5.74) is 1.07. The lowest BCUT2D eigenvalue weighted by Gasteiger charge is -2.35. The van der Waals surface area contributed by atoms with Gasteiger partial charge >= 0.3 is 6.03 Å². The summed E-state index contributed by atoms with van der Waals surface area (Å²) in [6, 6.07) is 9.37. The van der Waals surface area contributed by atoms with Crippen molar-refractivity contribution in [2.45, 2.75) is 57.2 Å². The van der Waals surface area contributed by atoms with Gasteiger partial charge in [-0.25, -0.2) is 4.79 Å². The van der Waals surface area contributed by atoms with Crippen LogP contribution in [-0.4, -0.2) is 48.6 Å². The van der Waals surface area contributed by atoms with Gasteiger partial charge in [0, 0.05) is 12.6 Å². The molecular formula is C20H29N3O3. The van der Waals surface area contributed by atoms with Crippen molar-refractivity contribution < 1.29 is 14.3 Å². The Balaban J connectivity index is 1.50. The second kappa shape index (κ2) is 9.03. The van der Waals surface area contributed by atoms with E-state index in [4.69, 9.17) is 4.74 Å². The first-order valence-electron chi connectivity index (χ1n) is 9.66. The predicted molar refractivity (Wildman–Crippen MR) is 99.7 cm³/mol. The smallest absolute Gasteiger partial charge is 0.315 e.